The van der Waals surface area contributed by atoms with Gasteiger partial charge in [-0.2, -0.15) is 0 Å². The van der Waals surface area contributed by atoms with Crippen LogP contribution in [0.25, 0.3) is 0 Å². The van der Waals surface area contributed by atoms with Gasteiger partial charge in [0.2, 0.25) is 0 Å². The summed E-state index contributed by atoms with van der Waals surface area (Å²) < 4.78 is 0. The van der Waals surface area contributed by atoms with Crippen LogP contribution in [0.2, 0.25) is 0 Å². The first-order valence-corrected chi connectivity index (χ1v) is 6.66. The van der Waals surface area contributed by atoms with Gasteiger partial charge in [0.05, 0.1) is 5.75 Å². The predicted octanol–water partition coefficient (Wildman–Crippen LogP) is 3.47. The highest BCUT2D eigenvalue weighted by atomic mass is 32.2. The largest absolute Gasteiger partial charge is 0.310 e. The lowest BCUT2D eigenvalue weighted by molar-refractivity contribution is 0.570. The molecular weight excluding hydrogens is 214 g/mol. The van der Waals surface area contributed by atoms with Crippen molar-refractivity contribution in [3.63, 3.8) is 0 Å². The Bertz CT molecular complexity index is 354. The van der Waals surface area contributed by atoms with Gasteiger partial charge in [0.1, 0.15) is 0 Å². The van der Waals surface area contributed by atoms with Crippen molar-refractivity contribution in [3.8, 4) is 12.3 Å². The third kappa shape index (κ3) is 4.30. The van der Waals surface area contributed by atoms with E-state index >= 15 is 0 Å². The average Bonchev–Trinajstić information content (AvgIpc) is 2.33. The predicted molar refractivity (Wildman–Crippen MR) is 72.7 cm³/mol. The van der Waals surface area contributed by atoms with Crippen molar-refractivity contribution in [2.75, 3.05) is 12.3 Å². The van der Waals surface area contributed by atoms with Crippen LogP contribution in [-0.2, 0) is 0 Å². The summed E-state index contributed by atoms with van der Waals surface area (Å²) in [6.07, 6.45) is 6.42. The van der Waals surface area contributed by atoms with E-state index in [0.29, 0.717) is 6.04 Å². The molecule has 1 aromatic rings. The highest BCUT2D eigenvalue weighted by Crippen LogP contribution is 2.21. The molecule has 0 heterocycles. The first-order chi connectivity index (χ1) is 7.77. The average molecular weight is 233 g/mol. The Kier molecular flexibility index (Phi) is 6.07. The van der Waals surface area contributed by atoms with E-state index in [2.05, 4.69) is 49.4 Å². The summed E-state index contributed by atoms with van der Waals surface area (Å²) in [6.45, 7) is 5.43. The molecule has 2 heteroatoms. The number of thioether (sulfide) groups is 1. The maximum atomic E-state index is 5.26. The van der Waals surface area contributed by atoms with E-state index in [1.165, 1.54) is 10.5 Å². The van der Waals surface area contributed by atoms with Crippen LogP contribution in [0.15, 0.2) is 29.2 Å². The van der Waals surface area contributed by atoms with Gasteiger partial charge in [0.15, 0.2) is 0 Å². The second-order valence-corrected chi connectivity index (χ2v) is 4.79. The fraction of sp³-hybridized carbons (Fsp3) is 0.429. The maximum absolute atomic E-state index is 5.26. The van der Waals surface area contributed by atoms with Crippen molar-refractivity contribution < 1.29 is 0 Å². The molecule has 0 aliphatic heterocycles. The number of rotatable bonds is 6. The van der Waals surface area contributed by atoms with Crippen LogP contribution >= 0.6 is 11.8 Å². The molecule has 0 saturated heterocycles. The second kappa shape index (κ2) is 7.38. The first kappa shape index (κ1) is 13.2. The lowest BCUT2D eigenvalue weighted by Gasteiger charge is -2.14. The first-order valence-electron chi connectivity index (χ1n) is 5.67. The van der Waals surface area contributed by atoms with Gasteiger partial charge in [0, 0.05) is 10.9 Å². The molecule has 0 fully saturated rings. The lowest BCUT2D eigenvalue weighted by Crippen LogP contribution is -2.19. The van der Waals surface area contributed by atoms with Crippen LogP contribution in [0.3, 0.4) is 0 Å². The van der Waals surface area contributed by atoms with Gasteiger partial charge in [-0.3, -0.25) is 0 Å². The number of benzene rings is 1. The van der Waals surface area contributed by atoms with Crippen LogP contribution in [0.5, 0.6) is 0 Å². The molecule has 0 aromatic heterocycles. The van der Waals surface area contributed by atoms with E-state index in [4.69, 9.17) is 6.42 Å². The second-order valence-electron chi connectivity index (χ2n) is 3.74. The standard InChI is InChI=1S/C14H19NS/c1-4-9-15-12(3)13-7-6-8-14(11-13)16-10-5-2/h2,6-8,11-12,15H,4,9-10H2,1,3H3. The van der Waals surface area contributed by atoms with Gasteiger partial charge in [0.25, 0.3) is 0 Å². The molecule has 1 rings (SSSR count). The molecule has 86 valence electrons. The zero-order valence-electron chi connectivity index (χ0n) is 9.99. The molecule has 16 heavy (non-hydrogen) atoms. The Morgan fingerprint density at radius 3 is 3.00 bits per heavy atom. The van der Waals surface area contributed by atoms with Gasteiger partial charge >= 0.3 is 0 Å². The van der Waals surface area contributed by atoms with Crippen molar-refractivity contribution in [2.24, 2.45) is 0 Å². The molecule has 0 saturated carbocycles. The minimum absolute atomic E-state index is 0.409. The quantitative estimate of drug-likeness (QED) is 0.596. The van der Waals surface area contributed by atoms with Crippen molar-refractivity contribution in [1.29, 1.82) is 0 Å². The Hall–Kier alpha value is -0.910. The van der Waals surface area contributed by atoms with Crippen LogP contribution in [-0.4, -0.2) is 12.3 Å². The molecule has 1 aromatic carbocycles. The molecule has 0 amide bonds. The number of hydrogen-bond donors (Lipinski definition) is 1. The summed E-state index contributed by atoms with van der Waals surface area (Å²) in [5.74, 6) is 3.38. The van der Waals surface area contributed by atoms with Crippen molar-refractivity contribution in [1.82, 2.24) is 5.32 Å². The van der Waals surface area contributed by atoms with Gasteiger partial charge < -0.3 is 5.32 Å². The monoisotopic (exact) mass is 233 g/mol. The topological polar surface area (TPSA) is 12.0 Å². The SMILES string of the molecule is C#CCSc1cccc(C(C)NCCC)c1. The zero-order valence-corrected chi connectivity index (χ0v) is 10.8. The van der Waals surface area contributed by atoms with Crippen LogP contribution < -0.4 is 5.32 Å². The third-order valence-electron chi connectivity index (χ3n) is 2.38. The summed E-state index contributed by atoms with van der Waals surface area (Å²) in [6, 6.07) is 8.99. The Morgan fingerprint density at radius 1 is 1.50 bits per heavy atom. The lowest BCUT2D eigenvalue weighted by atomic mass is 10.1. The van der Waals surface area contributed by atoms with Gasteiger partial charge in [-0.05, 0) is 37.6 Å². The summed E-state index contributed by atoms with van der Waals surface area (Å²) in [4.78, 5) is 1.25. The van der Waals surface area contributed by atoms with Crippen molar-refractivity contribution >= 4 is 11.8 Å². The Labute approximate surface area is 103 Å². The Morgan fingerprint density at radius 2 is 2.31 bits per heavy atom. The molecule has 0 bridgehead atoms. The summed E-state index contributed by atoms with van der Waals surface area (Å²) in [5, 5.41) is 3.48. The number of nitrogens with one attached hydrogen (secondary N) is 1. The summed E-state index contributed by atoms with van der Waals surface area (Å²) in [7, 11) is 0. The molecule has 1 nitrogen and oxygen atoms in total. The third-order valence-corrected chi connectivity index (χ3v) is 3.28. The van der Waals surface area contributed by atoms with Crippen molar-refractivity contribution in [3.05, 3.63) is 29.8 Å². The minimum atomic E-state index is 0.409. The fourth-order valence-electron chi connectivity index (χ4n) is 1.48. The molecule has 1 atom stereocenters. The highest BCUT2D eigenvalue weighted by molar-refractivity contribution is 7.99. The van der Waals surface area contributed by atoms with E-state index in [1.54, 1.807) is 11.8 Å². The maximum Gasteiger partial charge on any atom is 0.0592 e. The summed E-state index contributed by atoms with van der Waals surface area (Å²) in [5.41, 5.74) is 1.33. The number of terminal acetylenes is 1. The van der Waals surface area contributed by atoms with E-state index in [0.717, 1.165) is 18.7 Å². The van der Waals surface area contributed by atoms with Crippen LogP contribution in [0, 0.1) is 12.3 Å². The molecular formula is C14H19NS. The minimum Gasteiger partial charge on any atom is -0.310 e. The van der Waals surface area contributed by atoms with E-state index < -0.39 is 0 Å². The number of hydrogen-bond acceptors (Lipinski definition) is 2. The van der Waals surface area contributed by atoms with Gasteiger partial charge in [-0.15, -0.1) is 18.2 Å². The van der Waals surface area contributed by atoms with E-state index in [-0.39, 0.29) is 0 Å². The normalized spacial score (nSPS) is 12.1. The van der Waals surface area contributed by atoms with Crippen LogP contribution in [0.4, 0.5) is 0 Å². The Balaban J connectivity index is 2.62. The molecule has 0 spiro atoms. The van der Waals surface area contributed by atoms with Gasteiger partial charge in [-0.25, -0.2) is 0 Å². The highest BCUT2D eigenvalue weighted by Gasteiger charge is 2.04. The molecule has 0 aliphatic rings. The summed E-state index contributed by atoms with van der Waals surface area (Å²) >= 11 is 1.71. The molecule has 1 N–H and O–H groups in total. The molecule has 0 aliphatic carbocycles. The molecule has 0 radical (unpaired) electrons. The van der Waals surface area contributed by atoms with Crippen molar-refractivity contribution in [2.45, 2.75) is 31.2 Å². The zero-order chi connectivity index (χ0) is 11.8. The smallest absolute Gasteiger partial charge is 0.0592 e. The van der Waals surface area contributed by atoms with Crippen LogP contribution in [0.1, 0.15) is 31.9 Å². The van der Waals surface area contributed by atoms with E-state index in [9.17, 15) is 0 Å². The molecule has 1 unspecified atom stereocenters. The van der Waals surface area contributed by atoms with E-state index in [1.807, 2.05) is 0 Å². The van der Waals surface area contributed by atoms with Gasteiger partial charge in [-0.1, -0.05) is 25.0 Å². The fourth-order valence-corrected chi connectivity index (χ4v) is 2.12.